The Bertz CT molecular complexity index is 651. The van der Waals surface area contributed by atoms with Crippen molar-refractivity contribution in [1.82, 2.24) is 9.78 Å². The van der Waals surface area contributed by atoms with E-state index < -0.39 is 11.8 Å². The SMILES string of the molecule is COC(=O)COC1CC(n2[nH]c(C(=N)N)c2N)C2OC(C)(C)OC12. The lowest BCUT2D eigenvalue weighted by molar-refractivity contribution is -0.174. The smallest absolute Gasteiger partial charge is 0.331 e. The number of ether oxygens (including phenoxy) is 4. The molecule has 2 aliphatic rings. The second-order valence-electron chi connectivity index (χ2n) is 6.45. The molecule has 3 rings (SSSR count). The number of nitrogens with one attached hydrogen (secondary N) is 2. The van der Waals surface area contributed by atoms with Gasteiger partial charge in [-0.05, 0) is 13.8 Å². The molecule has 0 aromatic carbocycles. The Morgan fingerprint density at radius 3 is 2.71 bits per heavy atom. The molecule has 1 aromatic heterocycles. The number of nitrogens with zero attached hydrogens (tertiary/aromatic N) is 1. The summed E-state index contributed by atoms with van der Waals surface area (Å²) >= 11 is 0. The Hall–Kier alpha value is -2.04. The van der Waals surface area contributed by atoms with E-state index in [-0.39, 0.29) is 36.8 Å². The molecule has 1 aliphatic carbocycles. The molecule has 1 saturated carbocycles. The number of aromatic amines is 1. The fourth-order valence-electron chi connectivity index (χ4n) is 3.32. The minimum absolute atomic E-state index is 0.124. The van der Waals surface area contributed by atoms with Gasteiger partial charge in [0.1, 0.15) is 36.2 Å². The Kier molecular flexibility index (Phi) is 4.06. The van der Waals surface area contributed by atoms with E-state index in [1.807, 2.05) is 13.8 Å². The summed E-state index contributed by atoms with van der Waals surface area (Å²) in [6, 6.07) is -0.164. The number of hydrogen-bond acceptors (Lipinski definition) is 7. The number of methoxy groups -OCH3 is 1. The maximum atomic E-state index is 11.3. The number of aromatic nitrogens is 2. The zero-order chi connectivity index (χ0) is 17.6. The predicted octanol–water partition coefficient (Wildman–Crippen LogP) is -0.294. The average Bonchev–Trinajstić information content (AvgIpc) is 2.97. The molecule has 4 unspecified atom stereocenters. The fourth-order valence-corrected chi connectivity index (χ4v) is 3.32. The highest BCUT2D eigenvalue weighted by molar-refractivity contribution is 5.97. The minimum atomic E-state index is -0.756. The molecule has 4 atom stereocenters. The van der Waals surface area contributed by atoms with Crippen LogP contribution in [0, 0.1) is 5.41 Å². The molecular weight excluding hydrogens is 318 g/mol. The van der Waals surface area contributed by atoms with Gasteiger partial charge in [-0.3, -0.25) is 15.2 Å². The number of carbonyl (C=O) groups is 1. The van der Waals surface area contributed by atoms with Gasteiger partial charge in [-0.1, -0.05) is 0 Å². The first-order valence-corrected chi connectivity index (χ1v) is 7.67. The number of carbonyl (C=O) groups excluding carboxylic acids is 1. The van der Waals surface area contributed by atoms with Crippen molar-refractivity contribution in [3.63, 3.8) is 0 Å². The van der Waals surface area contributed by atoms with Crippen molar-refractivity contribution in [3.05, 3.63) is 5.69 Å². The van der Waals surface area contributed by atoms with Crippen molar-refractivity contribution in [2.24, 2.45) is 5.73 Å². The van der Waals surface area contributed by atoms with Crippen molar-refractivity contribution in [1.29, 1.82) is 5.41 Å². The minimum Gasteiger partial charge on any atom is -0.467 e. The number of nitrogens with two attached hydrogens (primary N) is 2. The third kappa shape index (κ3) is 2.76. The molecule has 134 valence electrons. The number of fused-ring (bicyclic) bond motifs is 1. The molecule has 1 aliphatic heterocycles. The molecule has 0 amide bonds. The number of anilines is 1. The zero-order valence-corrected chi connectivity index (χ0v) is 13.9. The van der Waals surface area contributed by atoms with Crippen LogP contribution in [0.15, 0.2) is 0 Å². The number of amidine groups is 1. The van der Waals surface area contributed by atoms with Crippen molar-refractivity contribution in [2.45, 2.75) is 50.4 Å². The van der Waals surface area contributed by atoms with Crippen LogP contribution in [0.25, 0.3) is 0 Å². The van der Waals surface area contributed by atoms with E-state index in [4.69, 9.17) is 31.1 Å². The third-order valence-electron chi connectivity index (χ3n) is 4.37. The maximum Gasteiger partial charge on any atom is 0.331 e. The number of H-pyrrole nitrogens is 1. The fraction of sp³-hybridized carbons (Fsp3) is 0.714. The number of esters is 1. The van der Waals surface area contributed by atoms with Crippen LogP contribution in [0.1, 0.15) is 32.0 Å². The predicted molar refractivity (Wildman–Crippen MR) is 83.4 cm³/mol. The molecule has 2 heterocycles. The van der Waals surface area contributed by atoms with Crippen LogP contribution in [0.5, 0.6) is 0 Å². The Balaban J connectivity index is 1.79. The van der Waals surface area contributed by atoms with Gasteiger partial charge < -0.3 is 30.4 Å². The van der Waals surface area contributed by atoms with Gasteiger partial charge in [-0.2, -0.15) is 0 Å². The summed E-state index contributed by atoms with van der Waals surface area (Å²) in [4.78, 5) is 11.3. The molecular formula is C14H23N5O5. The number of nitrogen functional groups attached to an aromatic ring is 2. The monoisotopic (exact) mass is 341 g/mol. The van der Waals surface area contributed by atoms with Crippen molar-refractivity contribution in [3.8, 4) is 0 Å². The van der Waals surface area contributed by atoms with Crippen molar-refractivity contribution in [2.75, 3.05) is 19.5 Å². The van der Waals surface area contributed by atoms with E-state index in [1.54, 1.807) is 4.68 Å². The van der Waals surface area contributed by atoms with Crippen LogP contribution < -0.4 is 11.5 Å². The second kappa shape index (κ2) is 5.80. The van der Waals surface area contributed by atoms with Gasteiger partial charge in [-0.25, -0.2) is 4.79 Å². The van der Waals surface area contributed by atoms with Crippen LogP contribution in [-0.4, -0.2) is 59.4 Å². The van der Waals surface area contributed by atoms with Crippen LogP contribution in [-0.2, 0) is 23.7 Å². The molecule has 24 heavy (non-hydrogen) atoms. The quantitative estimate of drug-likeness (QED) is 0.326. The van der Waals surface area contributed by atoms with Crippen LogP contribution in [0.2, 0.25) is 0 Å². The van der Waals surface area contributed by atoms with Crippen molar-refractivity contribution >= 4 is 17.6 Å². The third-order valence-corrected chi connectivity index (χ3v) is 4.37. The highest BCUT2D eigenvalue weighted by Gasteiger charge is 2.56. The summed E-state index contributed by atoms with van der Waals surface area (Å²) in [6.07, 6.45) is -0.411. The first-order chi connectivity index (χ1) is 11.2. The van der Waals surface area contributed by atoms with Gasteiger partial charge in [0.2, 0.25) is 0 Å². The molecule has 0 radical (unpaired) electrons. The highest BCUT2D eigenvalue weighted by Crippen LogP contribution is 2.46. The molecule has 10 nitrogen and oxygen atoms in total. The van der Waals surface area contributed by atoms with Gasteiger partial charge in [0.25, 0.3) is 0 Å². The van der Waals surface area contributed by atoms with Gasteiger partial charge >= 0.3 is 5.97 Å². The van der Waals surface area contributed by atoms with Crippen LogP contribution in [0.4, 0.5) is 5.82 Å². The number of rotatable bonds is 5. The maximum absolute atomic E-state index is 11.3. The Morgan fingerprint density at radius 1 is 1.46 bits per heavy atom. The molecule has 1 saturated heterocycles. The molecule has 0 spiro atoms. The lowest BCUT2D eigenvalue weighted by atomic mass is 10.2. The summed E-state index contributed by atoms with van der Waals surface area (Å²) in [7, 11) is 1.31. The van der Waals surface area contributed by atoms with Gasteiger partial charge in [0, 0.05) is 6.42 Å². The molecule has 2 fully saturated rings. The normalized spacial score (nSPS) is 31.1. The lowest BCUT2D eigenvalue weighted by Crippen LogP contribution is -2.35. The Morgan fingerprint density at radius 2 is 2.12 bits per heavy atom. The molecule has 6 N–H and O–H groups in total. The standard InChI is InChI=1S/C14H23N5O5/c1-14(2)23-10-6(19-13(17)9(18-19)12(15)16)4-7(11(10)24-14)22-5-8(20)21-3/h6-7,10-11,18H,4-5,17H2,1-3H3,(H3,15,16). The largest absolute Gasteiger partial charge is 0.467 e. The number of hydrogen-bond donors (Lipinski definition) is 4. The van der Waals surface area contributed by atoms with E-state index in [9.17, 15) is 4.79 Å². The van der Waals surface area contributed by atoms with Gasteiger partial charge in [0.05, 0.1) is 19.3 Å². The zero-order valence-electron chi connectivity index (χ0n) is 13.9. The van der Waals surface area contributed by atoms with Gasteiger partial charge in [-0.15, -0.1) is 0 Å². The summed E-state index contributed by atoms with van der Waals surface area (Å²) < 4.78 is 23.9. The summed E-state index contributed by atoms with van der Waals surface area (Å²) in [5.41, 5.74) is 11.8. The van der Waals surface area contributed by atoms with Crippen molar-refractivity contribution < 1.29 is 23.7 Å². The van der Waals surface area contributed by atoms with Crippen LogP contribution in [0.3, 0.4) is 0 Å². The molecule has 10 heteroatoms. The van der Waals surface area contributed by atoms with E-state index >= 15 is 0 Å². The topological polar surface area (TPSA) is 151 Å². The Labute approximate surface area is 138 Å². The van der Waals surface area contributed by atoms with E-state index in [1.165, 1.54) is 7.11 Å². The average molecular weight is 341 g/mol. The summed E-state index contributed by atoms with van der Waals surface area (Å²) in [5.74, 6) is -0.949. The second-order valence-corrected chi connectivity index (χ2v) is 6.45. The molecule has 1 aromatic rings. The first-order valence-electron chi connectivity index (χ1n) is 7.67. The highest BCUT2D eigenvalue weighted by atomic mass is 16.8. The van der Waals surface area contributed by atoms with E-state index in [0.29, 0.717) is 17.9 Å². The van der Waals surface area contributed by atoms with E-state index in [0.717, 1.165) is 0 Å². The first kappa shape index (κ1) is 16.8. The van der Waals surface area contributed by atoms with E-state index in [2.05, 4.69) is 9.84 Å². The lowest BCUT2D eigenvalue weighted by Gasteiger charge is -2.29. The summed E-state index contributed by atoms with van der Waals surface area (Å²) in [5, 5.41) is 10.4. The van der Waals surface area contributed by atoms with Gasteiger partial charge in [0.15, 0.2) is 5.79 Å². The summed E-state index contributed by atoms with van der Waals surface area (Å²) in [6.45, 7) is 3.49. The molecule has 0 bridgehead atoms. The van der Waals surface area contributed by atoms with Crippen LogP contribution >= 0.6 is 0 Å².